The van der Waals surface area contributed by atoms with E-state index in [9.17, 15) is 0 Å². The topological polar surface area (TPSA) is 56.3 Å². The van der Waals surface area contributed by atoms with Gasteiger partial charge in [-0.15, -0.1) is 0 Å². The lowest BCUT2D eigenvalue weighted by Crippen LogP contribution is -2.31. The van der Waals surface area contributed by atoms with Crippen LogP contribution in [-0.4, -0.2) is 47.8 Å². The SMILES string of the molecule is CCNC(=S)Nc1nc(N2CCCCCC2)cc(N2CCCCCC2)n1. The molecule has 144 valence electrons. The molecular weight excluding hydrogens is 344 g/mol. The Labute approximate surface area is 162 Å². The Morgan fingerprint density at radius 2 is 1.35 bits per heavy atom. The van der Waals surface area contributed by atoms with Crippen LogP contribution in [-0.2, 0) is 0 Å². The third-order valence-electron chi connectivity index (χ3n) is 5.12. The van der Waals surface area contributed by atoms with E-state index in [1.165, 1.54) is 51.4 Å². The van der Waals surface area contributed by atoms with Gasteiger partial charge in [-0.25, -0.2) is 0 Å². The molecule has 0 radical (unpaired) electrons. The standard InChI is InChI=1S/C19H32N6S/c1-2-20-19(26)23-18-21-16(24-11-7-3-4-8-12-24)15-17(22-18)25-13-9-5-6-10-14-25/h15H,2-14H2,1H3,(H2,20,21,22,23,26). The molecule has 2 N–H and O–H groups in total. The van der Waals surface area contributed by atoms with Crippen LogP contribution in [0, 0.1) is 0 Å². The molecule has 0 saturated carbocycles. The summed E-state index contributed by atoms with van der Waals surface area (Å²) in [7, 11) is 0. The first-order valence-corrected chi connectivity index (χ1v) is 10.6. The van der Waals surface area contributed by atoms with Crippen molar-refractivity contribution >= 4 is 34.9 Å². The van der Waals surface area contributed by atoms with E-state index >= 15 is 0 Å². The zero-order valence-corrected chi connectivity index (χ0v) is 16.8. The Kier molecular flexibility index (Phi) is 7.29. The fourth-order valence-electron chi connectivity index (χ4n) is 3.71. The molecule has 0 atom stereocenters. The van der Waals surface area contributed by atoms with Gasteiger partial charge in [-0.3, -0.25) is 0 Å². The third-order valence-corrected chi connectivity index (χ3v) is 5.37. The molecule has 0 spiro atoms. The van der Waals surface area contributed by atoms with Crippen LogP contribution in [0.1, 0.15) is 58.3 Å². The number of rotatable bonds is 4. The van der Waals surface area contributed by atoms with Crippen molar-refractivity contribution in [3.63, 3.8) is 0 Å². The Bertz CT molecular complexity index is 539. The van der Waals surface area contributed by atoms with E-state index in [1.54, 1.807) is 0 Å². The van der Waals surface area contributed by atoms with Crippen molar-refractivity contribution in [2.45, 2.75) is 58.3 Å². The molecule has 7 heteroatoms. The number of nitrogens with one attached hydrogen (secondary N) is 2. The quantitative estimate of drug-likeness (QED) is 0.780. The summed E-state index contributed by atoms with van der Waals surface area (Å²) in [5.74, 6) is 2.67. The number of anilines is 3. The minimum absolute atomic E-state index is 0.585. The van der Waals surface area contributed by atoms with Crippen LogP contribution in [0.15, 0.2) is 6.07 Å². The predicted octanol–water partition coefficient (Wildman–Crippen LogP) is 3.54. The van der Waals surface area contributed by atoms with Gasteiger partial charge in [-0.05, 0) is 44.8 Å². The number of hydrogen-bond acceptors (Lipinski definition) is 5. The summed E-state index contributed by atoms with van der Waals surface area (Å²) < 4.78 is 0. The van der Waals surface area contributed by atoms with Crippen LogP contribution >= 0.6 is 12.2 Å². The van der Waals surface area contributed by atoms with Crippen LogP contribution in [0.5, 0.6) is 0 Å². The van der Waals surface area contributed by atoms with E-state index in [2.05, 4.69) is 26.5 Å². The average Bonchev–Trinajstić information content (AvgIpc) is 3.07. The van der Waals surface area contributed by atoms with Crippen LogP contribution in [0.25, 0.3) is 0 Å². The maximum Gasteiger partial charge on any atom is 0.232 e. The van der Waals surface area contributed by atoms with Gasteiger partial charge in [0, 0.05) is 38.8 Å². The first-order valence-electron chi connectivity index (χ1n) is 10.2. The van der Waals surface area contributed by atoms with Gasteiger partial charge in [0.05, 0.1) is 0 Å². The molecule has 0 amide bonds. The van der Waals surface area contributed by atoms with Crippen molar-refractivity contribution in [3.8, 4) is 0 Å². The fourth-order valence-corrected chi connectivity index (χ4v) is 3.94. The molecule has 6 nitrogen and oxygen atoms in total. The number of hydrogen-bond donors (Lipinski definition) is 2. The second-order valence-corrected chi connectivity index (χ2v) is 7.60. The van der Waals surface area contributed by atoms with Crippen molar-refractivity contribution in [1.82, 2.24) is 15.3 Å². The first kappa shape index (κ1) is 19.1. The Balaban J connectivity index is 1.85. The normalized spacial score (nSPS) is 18.8. The highest BCUT2D eigenvalue weighted by atomic mass is 32.1. The molecule has 0 aromatic carbocycles. The monoisotopic (exact) mass is 376 g/mol. The number of thiocarbonyl (C=S) groups is 1. The van der Waals surface area contributed by atoms with E-state index in [4.69, 9.17) is 22.2 Å². The summed E-state index contributed by atoms with van der Waals surface area (Å²) in [6, 6.07) is 2.18. The first-order chi connectivity index (χ1) is 12.8. The zero-order chi connectivity index (χ0) is 18.2. The Hall–Kier alpha value is -1.63. The van der Waals surface area contributed by atoms with Crippen molar-refractivity contribution in [3.05, 3.63) is 6.07 Å². The molecule has 0 bridgehead atoms. The van der Waals surface area contributed by atoms with E-state index in [0.717, 1.165) is 44.4 Å². The molecule has 3 heterocycles. The molecular formula is C19H32N6S. The highest BCUT2D eigenvalue weighted by Crippen LogP contribution is 2.25. The lowest BCUT2D eigenvalue weighted by atomic mass is 10.2. The van der Waals surface area contributed by atoms with Gasteiger partial charge in [-0.2, -0.15) is 9.97 Å². The average molecular weight is 377 g/mol. The summed E-state index contributed by atoms with van der Waals surface area (Å²) in [6.45, 7) is 7.13. The van der Waals surface area contributed by atoms with E-state index in [0.29, 0.717) is 11.1 Å². The van der Waals surface area contributed by atoms with Crippen molar-refractivity contribution < 1.29 is 0 Å². The smallest absolute Gasteiger partial charge is 0.232 e. The number of aromatic nitrogens is 2. The summed E-state index contributed by atoms with van der Waals surface area (Å²) in [4.78, 5) is 14.4. The van der Waals surface area contributed by atoms with Gasteiger partial charge in [0.1, 0.15) is 11.6 Å². The molecule has 2 aliphatic heterocycles. The van der Waals surface area contributed by atoms with Gasteiger partial charge >= 0.3 is 0 Å². The van der Waals surface area contributed by atoms with Gasteiger partial charge in [0.25, 0.3) is 0 Å². The zero-order valence-electron chi connectivity index (χ0n) is 16.0. The third kappa shape index (κ3) is 5.43. The Morgan fingerprint density at radius 3 is 1.77 bits per heavy atom. The molecule has 26 heavy (non-hydrogen) atoms. The van der Waals surface area contributed by atoms with Gasteiger partial charge < -0.3 is 20.4 Å². The molecule has 3 rings (SSSR count). The van der Waals surface area contributed by atoms with Crippen LogP contribution < -0.4 is 20.4 Å². The largest absolute Gasteiger partial charge is 0.363 e. The summed E-state index contributed by atoms with van der Waals surface area (Å²) in [6.07, 6.45) is 10.2. The summed E-state index contributed by atoms with van der Waals surface area (Å²) in [5, 5.41) is 6.89. The van der Waals surface area contributed by atoms with E-state index in [-0.39, 0.29) is 0 Å². The van der Waals surface area contributed by atoms with Gasteiger partial charge in [0.15, 0.2) is 5.11 Å². The molecule has 2 aliphatic rings. The molecule has 1 aromatic rings. The van der Waals surface area contributed by atoms with Crippen molar-refractivity contribution in [2.24, 2.45) is 0 Å². The predicted molar refractivity (Wildman–Crippen MR) is 113 cm³/mol. The second-order valence-electron chi connectivity index (χ2n) is 7.19. The summed E-state index contributed by atoms with van der Waals surface area (Å²) >= 11 is 5.35. The minimum Gasteiger partial charge on any atom is -0.363 e. The van der Waals surface area contributed by atoms with E-state index < -0.39 is 0 Å². The molecule has 0 unspecified atom stereocenters. The maximum atomic E-state index is 5.35. The molecule has 2 saturated heterocycles. The maximum absolute atomic E-state index is 5.35. The van der Waals surface area contributed by atoms with Crippen molar-refractivity contribution in [2.75, 3.05) is 47.8 Å². The van der Waals surface area contributed by atoms with Crippen LogP contribution in [0.3, 0.4) is 0 Å². The van der Waals surface area contributed by atoms with Crippen LogP contribution in [0.2, 0.25) is 0 Å². The molecule has 1 aromatic heterocycles. The Morgan fingerprint density at radius 1 is 0.885 bits per heavy atom. The lowest BCUT2D eigenvalue weighted by molar-refractivity contribution is 0.726. The second kappa shape index (κ2) is 9.90. The highest BCUT2D eigenvalue weighted by molar-refractivity contribution is 7.80. The summed E-state index contributed by atoms with van der Waals surface area (Å²) in [5.41, 5.74) is 0. The number of nitrogens with zero attached hydrogens (tertiary/aromatic N) is 4. The lowest BCUT2D eigenvalue weighted by Gasteiger charge is -2.26. The minimum atomic E-state index is 0.585. The molecule has 2 fully saturated rings. The van der Waals surface area contributed by atoms with E-state index in [1.807, 2.05) is 6.92 Å². The molecule has 0 aliphatic carbocycles. The van der Waals surface area contributed by atoms with Crippen LogP contribution in [0.4, 0.5) is 17.6 Å². The van der Waals surface area contributed by atoms with Gasteiger partial charge in [0.2, 0.25) is 5.95 Å². The highest BCUT2D eigenvalue weighted by Gasteiger charge is 2.18. The fraction of sp³-hybridized carbons (Fsp3) is 0.737. The van der Waals surface area contributed by atoms with Gasteiger partial charge in [-0.1, -0.05) is 25.7 Å². The van der Waals surface area contributed by atoms with Crippen molar-refractivity contribution in [1.29, 1.82) is 0 Å².